The summed E-state index contributed by atoms with van der Waals surface area (Å²) in [5.41, 5.74) is 3.40. The van der Waals surface area contributed by atoms with Crippen LogP contribution in [0.4, 0.5) is 0 Å². The zero-order valence-electron chi connectivity index (χ0n) is 14.5. The molecule has 130 valence electrons. The van der Waals surface area contributed by atoms with Gasteiger partial charge in [-0.05, 0) is 47.2 Å². The summed E-state index contributed by atoms with van der Waals surface area (Å²) in [4.78, 5) is 23.4. The van der Waals surface area contributed by atoms with Crippen LogP contribution in [0.3, 0.4) is 0 Å². The first-order valence-electron chi connectivity index (χ1n) is 8.93. The maximum atomic E-state index is 13.2. The molecule has 0 spiro atoms. The van der Waals surface area contributed by atoms with Crippen LogP contribution in [0.15, 0.2) is 79.4 Å². The Morgan fingerprint density at radius 2 is 1.65 bits per heavy atom. The van der Waals surface area contributed by atoms with Crippen molar-refractivity contribution in [2.75, 3.05) is 0 Å². The van der Waals surface area contributed by atoms with E-state index in [0.29, 0.717) is 19.0 Å². The van der Waals surface area contributed by atoms with Crippen LogP contribution in [-0.4, -0.2) is 20.8 Å². The van der Waals surface area contributed by atoms with Gasteiger partial charge in [0, 0.05) is 43.8 Å². The molecule has 1 aromatic carbocycles. The van der Waals surface area contributed by atoms with Crippen LogP contribution in [0.25, 0.3) is 0 Å². The van der Waals surface area contributed by atoms with E-state index in [1.165, 1.54) is 5.56 Å². The van der Waals surface area contributed by atoms with Crippen molar-refractivity contribution < 1.29 is 4.79 Å². The van der Waals surface area contributed by atoms with E-state index in [2.05, 4.69) is 22.1 Å². The highest BCUT2D eigenvalue weighted by molar-refractivity contribution is 5.83. The molecule has 0 bridgehead atoms. The minimum Gasteiger partial charge on any atom is -0.334 e. The van der Waals surface area contributed by atoms with E-state index in [1.807, 2.05) is 53.6 Å². The average molecular weight is 343 g/mol. The highest BCUT2D eigenvalue weighted by atomic mass is 16.2. The lowest BCUT2D eigenvalue weighted by Gasteiger charge is -2.23. The molecule has 0 unspecified atom stereocenters. The van der Waals surface area contributed by atoms with Crippen LogP contribution in [0.5, 0.6) is 0 Å². The maximum Gasteiger partial charge on any atom is 0.226 e. The Kier molecular flexibility index (Phi) is 4.73. The first-order chi connectivity index (χ1) is 12.8. The summed E-state index contributed by atoms with van der Waals surface area (Å²) in [5, 5.41) is 0. The number of benzene rings is 1. The van der Waals surface area contributed by atoms with E-state index < -0.39 is 0 Å². The van der Waals surface area contributed by atoms with Gasteiger partial charge in [0.1, 0.15) is 0 Å². The number of amides is 1. The number of carbonyl (C=O) groups is 1. The Bertz CT molecular complexity index is 811. The lowest BCUT2D eigenvalue weighted by atomic mass is 10.1. The zero-order chi connectivity index (χ0) is 17.8. The molecule has 26 heavy (non-hydrogen) atoms. The minimum atomic E-state index is 0.0795. The van der Waals surface area contributed by atoms with Crippen LogP contribution in [-0.2, 0) is 17.9 Å². The molecule has 1 saturated carbocycles. The van der Waals surface area contributed by atoms with Crippen molar-refractivity contribution in [1.82, 2.24) is 14.9 Å². The summed E-state index contributed by atoms with van der Waals surface area (Å²) in [6.45, 7) is 1.17. The first kappa shape index (κ1) is 16.5. The predicted octanol–water partition coefficient (Wildman–Crippen LogP) is 3.81. The van der Waals surface area contributed by atoms with Crippen molar-refractivity contribution in [3.8, 4) is 0 Å². The number of carbonyl (C=O) groups excluding carboxylic acids is 1. The fourth-order valence-electron chi connectivity index (χ4n) is 3.40. The van der Waals surface area contributed by atoms with Gasteiger partial charge in [-0.25, -0.2) is 0 Å². The number of nitrogens with zero attached hydrogens (tertiary/aromatic N) is 3. The van der Waals surface area contributed by atoms with Crippen LogP contribution in [0.2, 0.25) is 0 Å². The standard InChI is InChI=1S/C22H21N3O/c26-22(21-13-20(21)19-6-2-1-3-7-19)25(15-17-8-11-23-12-9-17)16-18-5-4-10-24-14-18/h1-12,14,20-21H,13,15-16H2/t20-,21-/m0/s1. The molecular formula is C22H21N3O. The number of hydrogen-bond acceptors (Lipinski definition) is 3. The van der Waals surface area contributed by atoms with Crippen molar-refractivity contribution >= 4 is 5.91 Å². The second-order valence-corrected chi connectivity index (χ2v) is 6.77. The zero-order valence-corrected chi connectivity index (χ0v) is 14.5. The molecule has 4 rings (SSSR count). The SMILES string of the molecule is O=C([C@H]1C[C@H]1c1ccccc1)N(Cc1ccncc1)Cc1cccnc1. The van der Waals surface area contributed by atoms with Crippen molar-refractivity contribution in [1.29, 1.82) is 0 Å². The topological polar surface area (TPSA) is 46.1 Å². The van der Waals surface area contributed by atoms with E-state index >= 15 is 0 Å². The minimum absolute atomic E-state index is 0.0795. The van der Waals surface area contributed by atoms with Gasteiger partial charge in [-0.2, -0.15) is 0 Å². The van der Waals surface area contributed by atoms with Crippen molar-refractivity contribution in [2.45, 2.75) is 25.4 Å². The molecule has 2 heterocycles. The van der Waals surface area contributed by atoms with E-state index in [9.17, 15) is 4.79 Å². The Morgan fingerprint density at radius 3 is 2.38 bits per heavy atom. The molecule has 0 saturated heterocycles. The fraction of sp³-hybridized carbons (Fsp3) is 0.227. The normalized spacial score (nSPS) is 18.3. The third-order valence-corrected chi connectivity index (χ3v) is 4.87. The van der Waals surface area contributed by atoms with Gasteiger partial charge in [0.15, 0.2) is 0 Å². The van der Waals surface area contributed by atoms with Gasteiger partial charge >= 0.3 is 0 Å². The van der Waals surface area contributed by atoms with E-state index in [0.717, 1.165) is 17.5 Å². The molecule has 0 N–H and O–H groups in total. The average Bonchev–Trinajstić information content (AvgIpc) is 3.50. The number of hydrogen-bond donors (Lipinski definition) is 0. The molecule has 0 radical (unpaired) electrons. The maximum absolute atomic E-state index is 13.2. The molecule has 1 fully saturated rings. The van der Waals surface area contributed by atoms with Crippen LogP contribution < -0.4 is 0 Å². The molecule has 0 aliphatic heterocycles. The number of rotatable bonds is 6. The van der Waals surface area contributed by atoms with Crippen molar-refractivity contribution in [3.63, 3.8) is 0 Å². The smallest absolute Gasteiger partial charge is 0.226 e. The summed E-state index contributed by atoms with van der Waals surface area (Å²) >= 11 is 0. The van der Waals surface area contributed by atoms with Crippen LogP contribution >= 0.6 is 0 Å². The largest absolute Gasteiger partial charge is 0.334 e. The summed E-state index contributed by atoms with van der Waals surface area (Å²) in [5.74, 6) is 0.646. The second-order valence-electron chi connectivity index (χ2n) is 6.77. The Hall–Kier alpha value is -3.01. The third kappa shape index (κ3) is 3.80. The molecular weight excluding hydrogens is 322 g/mol. The highest BCUT2D eigenvalue weighted by Gasteiger charge is 2.45. The van der Waals surface area contributed by atoms with Gasteiger partial charge < -0.3 is 4.90 Å². The summed E-state index contributed by atoms with van der Waals surface area (Å²) < 4.78 is 0. The van der Waals surface area contributed by atoms with Crippen molar-refractivity contribution in [2.24, 2.45) is 5.92 Å². The lowest BCUT2D eigenvalue weighted by Crippen LogP contribution is -2.31. The predicted molar refractivity (Wildman–Crippen MR) is 100 cm³/mol. The van der Waals surface area contributed by atoms with Crippen LogP contribution in [0.1, 0.15) is 29.0 Å². The molecule has 4 heteroatoms. The van der Waals surface area contributed by atoms with Crippen LogP contribution in [0, 0.1) is 5.92 Å². The van der Waals surface area contributed by atoms with Gasteiger partial charge in [0.2, 0.25) is 5.91 Å². The third-order valence-electron chi connectivity index (χ3n) is 4.87. The number of aromatic nitrogens is 2. The Morgan fingerprint density at radius 1 is 0.885 bits per heavy atom. The summed E-state index contributed by atoms with van der Waals surface area (Å²) in [6.07, 6.45) is 8.06. The Balaban J connectivity index is 1.51. The molecule has 3 aromatic rings. The summed E-state index contributed by atoms with van der Waals surface area (Å²) in [7, 11) is 0. The first-order valence-corrected chi connectivity index (χ1v) is 8.93. The van der Waals surface area contributed by atoms with E-state index in [1.54, 1.807) is 18.6 Å². The van der Waals surface area contributed by atoms with E-state index in [4.69, 9.17) is 0 Å². The lowest BCUT2D eigenvalue weighted by molar-refractivity contribution is -0.134. The monoisotopic (exact) mass is 343 g/mol. The Labute approximate surface area is 153 Å². The molecule has 1 aliphatic rings. The van der Waals surface area contributed by atoms with Gasteiger partial charge in [-0.3, -0.25) is 14.8 Å². The molecule has 2 aromatic heterocycles. The van der Waals surface area contributed by atoms with Gasteiger partial charge in [0.25, 0.3) is 0 Å². The van der Waals surface area contributed by atoms with Crippen molar-refractivity contribution in [3.05, 3.63) is 96.1 Å². The van der Waals surface area contributed by atoms with E-state index in [-0.39, 0.29) is 11.8 Å². The second kappa shape index (κ2) is 7.48. The van der Waals surface area contributed by atoms with Gasteiger partial charge in [0.05, 0.1) is 0 Å². The quantitative estimate of drug-likeness (QED) is 0.684. The van der Waals surface area contributed by atoms with Gasteiger partial charge in [-0.15, -0.1) is 0 Å². The molecule has 4 nitrogen and oxygen atoms in total. The highest BCUT2D eigenvalue weighted by Crippen LogP contribution is 2.48. The van der Waals surface area contributed by atoms with Gasteiger partial charge in [-0.1, -0.05) is 36.4 Å². The fourth-order valence-corrected chi connectivity index (χ4v) is 3.40. The number of pyridine rings is 2. The molecule has 2 atom stereocenters. The molecule has 1 aliphatic carbocycles. The molecule has 1 amide bonds. The summed E-state index contributed by atoms with van der Waals surface area (Å²) in [6, 6.07) is 18.2.